The number of aliphatic hydroxyl groups excluding tert-OH is 3. The fourth-order valence-corrected chi connectivity index (χ4v) is 3.09. The average Bonchev–Trinajstić information content (AvgIpc) is 2.98. The summed E-state index contributed by atoms with van der Waals surface area (Å²) in [4.78, 5) is 11.6. The van der Waals surface area contributed by atoms with Crippen LogP contribution in [0.15, 0.2) is 0 Å². The van der Waals surface area contributed by atoms with E-state index in [-0.39, 0.29) is 12.6 Å². The van der Waals surface area contributed by atoms with Crippen molar-refractivity contribution in [2.45, 2.75) is 38.1 Å². The average molecular weight is 602 g/mol. The van der Waals surface area contributed by atoms with Crippen LogP contribution in [0.1, 0.15) is 19.8 Å². The molecule has 246 valence electrons. The second kappa shape index (κ2) is 31.7. The predicted octanol–water partition coefficient (Wildman–Crippen LogP) is -1.74. The first-order valence-corrected chi connectivity index (χ1v) is 14.4. The number of hydrogen-bond acceptors (Lipinski definition) is 13. The summed E-state index contributed by atoms with van der Waals surface area (Å²) >= 11 is 0. The van der Waals surface area contributed by atoms with Crippen molar-refractivity contribution in [1.82, 2.24) is 10.6 Å². The number of urea groups is 1. The molecule has 41 heavy (non-hydrogen) atoms. The Morgan fingerprint density at radius 2 is 1.15 bits per heavy atom. The van der Waals surface area contributed by atoms with Gasteiger partial charge in [0.1, 0.15) is 12.2 Å². The molecule has 0 aromatic carbocycles. The first kappa shape index (κ1) is 39.8. The lowest BCUT2D eigenvalue weighted by molar-refractivity contribution is -0.147. The Morgan fingerprint density at radius 3 is 1.54 bits per heavy atom. The molecule has 1 saturated heterocycles. The molecule has 2 amide bonds. The van der Waals surface area contributed by atoms with Gasteiger partial charge in [0.15, 0.2) is 0 Å². The molecule has 1 fully saturated rings. The third-order valence-electron chi connectivity index (χ3n) is 5.24. The van der Waals surface area contributed by atoms with Gasteiger partial charge in [0, 0.05) is 32.8 Å². The molecule has 3 atom stereocenters. The number of aliphatic hydroxyl groups is 3. The topological polar surface area (TPSA) is 202 Å². The van der Waals surface area contributed by atoms with Crippen molar-refractivity contribution in [3.8, 4) is 0 Å². The van der Waals surface area contributed by atoms with Crippen LogP contribution < -0.4 is 16.4 Å². The van der Waals surface area contributed by atoms with Crippen LogP contribution in [0.3, 0.4) is 0 Å². The lowest BCUT2D eigenvalue weighted by atomic mass is 10.0. The molecule has 3 unspecified atom stereocenters. The summed E-state index contributed by atoms with van der Waals surface area (Å²) < 4.78 is 42.3. The Bertz CT molecular complexity index is 554. The summed E-state index contributed by atoms with van der Waals surface area (Å²) in [6.07, 6.45) is -0.844. The maximum Gasteiger partial charge on any atom is 0.314 e. The van der Waals surface area contributed by atoms with E-state index >= 15 is 0 Å². The molecule has 0 radical (unpaired) electrons. The van der Waals surface area contributed by atoms with Crippen LogP contribution in [0, 0.1) is 0 Å². The molecule has 0 aromatic heterocycles. The minimum atomic E-state index is -0.932. The van der Waals surface area contributed by atoms with Crippen LogP contribution in [0.5, 0.6) is 0 Å². The minimum Gasteiger partial charge on any atom is -0.394 e. The molecular weight excluding hydrogens is 546 g/mol. The summed E-state index contributed by atoms with van der Waals surface area (Å²) in [6, 6.07) is -0.241. The normalized spacial score (nSPS) is 18.5. The first-order valence-electron chi connectivity index (χ1n) is 14.4. The van der Waals surface area contributed by atoms with Crippen LogP contribution in [-0.2, 0) is 37.9 Å². The molecule has 1 heterocycles. The van der Waals surface area contributed by atoms with Gasteiger partial charge >= 0.3 is 6.03 Å². The molecule has 0 saturated carbocycles. The predicted molar refractivity (Wildman–Crippen MR) is 150 cm³/mol. The molecule has 0 aromatic rings. The molecule has 7 N–H and O–H groups in total. The second-order valence-electron chi connectivity index (χ2n) is 8.70. The molecule has 0 spiro atoms. The minimum absolute atomic E-state index is 0.238. The highest BCUT2D eigenvalue weighted by Gasteiger charge is 2.30. The van der Waals surface area contributed by atoms with Crippen LogP contribution in [0.4, 0.5) is 4.79 Å². The maximum atomic E-state index is 11.6. The Kier molecular flexibility index (Phi) is 30.8. The van der Waals surface area contributed by atoms with Gasteiger partial charge in [-0.1, -0.05) is 6.92 Å². The maximum absolute atomic E-state index is 11.6. The number of hydrogen-bond donors (Lipinski definition) is 6. The quantitative estimate of drug-likeness (QED) is 0.0611. The number of ether oxygens (including phenoxy) is 8. The van der Waals surface area contributed by atoms with Gasteiger partial charge in [0.05, 0.1) is 98.6 Å². The highest BCUT2D eigenvalue weighted by molar-refractivity contribution is 5.73. The molecule has 1 aliphatic rings. The molecule has 1 rings (SSSR count). The van der Waals surface area contributed by atoms with Crippen molar-refractivity contribution < 1.29 is 58.0 Å². The lowest BCUT2D eigenvalue weighted by Gasteiger charge is -2.30. The fraction of sp³-hybridized carbons (Fsp3) is 0.962. The Morgan fingerprint density at radius 1 is 0.732 bits per heavy atom. The van der Waals surface area contributed by atoms with Crippen molar-refractivity contribution in [3.05, 3.63) is 0 Å². The molecule has 0 bridgehead atoms. The van der Waals surface area contributed by atoms with Gasteiger partial charge in [-0.05, 0) is 12.8 Å². The number of nitrogens with one attached hydrogen (secondary N) is 2. The Hall–Kier alpha value is -1.21. The standard InChI is InChI=1S/C20H43N3O8.C6H12O4/c1-2-6-25-10-12-27-8-4-22-20(24)23-5-9-28-13-15-30-17-19-31-18-16-29-14-11-26-7-3-21;7-3-5-6(9)4(8)1-2-10-5/h2-19,21H2,1H3,(H2,22,23,24);4-9H,1-3H2. The summed E-state index contributed by atoms with van der Waals surface area (Å²) in [5, 5.41) is 32.1. The number of carbonyl (C=O) groups excluding carboxylic acids is 1. The van der Waals surface area contributed by atoms with Gasteiger partial charge in [-0.2, -0.15) is 0 Å². The second-order valence-corrected chi connectivity index (χ2v) is 8.70. The van der Waals surface area contributed by atoms with Crippen molar-refractivity contribution in [2.75, 3.05) is 125 Å². The van der Waals surface area contributed by atoms with Gasteiger partial charge in [-0.15, -0.1) is 0 Å². The zero-order chi connectivity index (χ0) is 30.2. The van der Waals surface area contributed by atoms with E-state index in [1.54, 1.807) is 0 Å². The summed E-state index contributed by atoms with van der Waals surface area (Å²) in [6.45, 7) is 11.0. The van der Waals surface area contributed by atoms with Gasteiger partial charge in [-0.3, -0.25) is 0 Å². The lowest BCUT2D eigenvalue weighted by Crippen LogP contribution is -2.46. The van der Waals surface area contributed by atoms with Crippen LogP contribution >= 0.6 is 0 Å². The summed E-state index contributed by atoms with van der Waals surface area (Å²) in [5.41, 5.74) is 5.31. The summed E-state index contributed by atoms with van der Waals surface area (Å²) in [5.74, 6) is 0. The largest absolute Gasteiger partial charge is 0.394 e. The monoisotopic (exact) mass is 601 g/mol. The highest BCUT2D eigenvalue weighted by Crippen LogP contribution is 2.13. The van der Waals surface area contributed by atoms with E-state index in [4.69, 9.17) is 58.9 Å². The SMILES string of the molecule is CCCOCCOCCNC(=O)NCCOCCOCCOCCOCCOCCN.OCC1OCCC(O)C1O. The van der Waals surface area contributed by atoms with Crippen molar-refractivity contribution >= 4 is 6.03 Å². The van der Waals surface area contributed by atoms with Crippen LogP contribution in [0.25, 0.3) is 0 Å². The van der Waals surface area contributed by atoms with E-state index in [0.717, 1.165) is 13.0 Å². The summed E-state index contributed by atoms with van der Waals surface area (Å²) in [7, 11) is 0. The van der Waals surface area contributed by atoms with Crippen LogP contribution in [-0.4, -0.2) is 165 Å². The van der Waals surface area contributed by atoms with Crippen molar-refractivity contribution in [3.63, 3.8) is 0 Å². The third kappa shape index (κ3) is 27.4. The fourth-order valence-electron chi connectivity index (χ4n) is 3.09. The van der Waals surface area contributed by atoms with Gasteiger partial charge < -0.3 is 69.6 Å². The number of carbonyl (C=O) groups is 1. The zero-order valence-corrected chi connectivity index (χ0v) is 24.7. The zero-order valence-electron chi connectivity index (χ0n) is 24.7. The van der Waals surface area contributed by atoms with Crippen molar-refractivity contribution in [2.24, 2.45) is 5.73 Å². The molecular formula is C26H55N3O12. The van der Waals surface area contributed by atoms with E-state index < -0.39 is 18.3 Å². The van der Waals surface area contributed by atoms with E-state index in [2.05, 4.69) is 17.6 Å². The smallest absolute Gasteiger partial charge is 0.314 e. The number of nitrogens with two attached hydrogens (primary N) is 1. The molecule has 15 heteroatoms. The Labute approximate surface area is 244 Å². The van der Waals surface area contributed by atoms with Gasteiger partial charge in [0.25, 0.3) is 0 Å². The van der Waals surface area contributed by atoms with E-state index in [0.29, 0.717) is 119 Å². The van der Waals surface area contributed by atoms with E-state index in [1.807, 2.05) is 0 Å². The number of rotatable bonds is 26. The molecule has 0 aliphatic carbocycles. The third-order valence-corrected chi connectivity index (χ3v) is 5.24. The van der Waals surface area contributed by atoms with Gasteiger partial charge in [-0.25, -0.2) is 4.79 Å². The van der Waals surface area contributed by atoms with Gasteiger partial charge in [0.2, 0.25) is 0 Å². The number of amides is 2. The Balaban J connectivity index is 0.00000133. The first-order chi connectivity index (χ1) is 20.1. The van der Waals surface area contributed by atoms with Crippen LogP contribution in [0.2, 0.25) is 0 Å². The highest BCUT2D eigenvalue weighted by atomic mass is 16.6. The van der Waals surface area contributed by atoms with E-state index in [1.165, 1.54) is 0 Å². The molecule has 15 nitrogen and oxygen atoms in total. The van der Waals surface area contributed by atoms with E-state index in [9.17, 15) is 4.79 Å². The molecule has 1 aliphatic heterocycles. The van der Waals surface area contributed by atoms with Crippen molar-refractivity contribution in [1.29, 1.82) is 0 Å².